The van der Waals surface area contributed by atoms with Gasteiger partial charge in [0.25, 0.3) is 5.56 Å². The van der Waals surface area contributed by atoms with Crippen molar-refractivity contribution in [3.05, 3.63) is 56.4 Å². The van der Waals surface area contributed by atoms with E-state index in [-0.39, 0.29) is 12.2 Å². The fraction of sp³-hybridized carbons (Fsp3) is 0.167. The smallest absolute Gasteiger partial charge is 0.271 e. The molecule has 0 spiro atoms. The van der Waals surface area contributed by atoms with Crippen LogP contribution in [0.3, 0.4) is 0 Å². The zero-order valence-corrected chi connectivity index (χ0v) is 10.8. The molecule has 0 radical (unpaired) electrons. The maximum Gasteiger partial charge on any atom is 0.271 e. The Kier molecular flexibility index (Phi) is 3.40. The monoisotopic (exact) mass is 294 g/mol. The summed E-state index contributed by atoms with van der Waals surface area (Å²) in [6.45, 7) is 1.59. The highest BCUT2D eigenvalue weighted by Gasteiger charge is 2.06. The van der Waals surface area contributed by atoms with Crippen LogP contribution in [0.1, 0.15) is 11.3 Å². The quantitative estimate of drug-likeness (QED) is 0.919. The van der Waals surface area contributed by atoms with Crippen molar-refractivity contribution in [2.45, 2.75) is 13.5 Å². The number of benzene rings is 1. The molecule has 0 amide bonds. The van der Waals surface area contributed by atoms with Crippen molar-refractivity contribution in [1.29, 1.82) is 0 Å². The minimum absolute atomic E-state index is 0.171. The van der Waals surface area contributed by atoms with Crippen LogP contribution in [0.15, 0.2) is 39.6 Å². The number of rotatable bonds is 2. The Labute approximate surface area is 107 Å². The first kappa shape index (κ1) is 12.0. The number of hydrogen-bond acceptors (Lipinski definition) is 3. The first-order chi connectivity index (χ1) is 8.11. The number of aromatic nitrogens is 2. The fourth-order valence-corrected chi connectivity index (χ4v) is 1.77. The van der Waals surface area contributed by atoms with E-state index in [2.05, 4.69) is 21.0 Å². The van der Waals surface area contributed by atoms with Gasteiger partial charge in [-0.15, -0.1) is 0 Å². The molecule has 5 heteroatoms. The molecule has 0 fully saturated rings. The third-order valence-corrected chi connectivity index (χ3v) is 2.99. The van der Waals surface area contributed by atoms with Gasteiger partial charge in [0.1, 0.15) is 0 Å². The SMILES string of the molecule is Cc1nn(-c2ccc(Br)cc2)c(=O)cc1CO. The third kappa shape index (κ3) is 2.45. The van der Waals surface area contributed by atoms with Crippen LogP contribution in [-0.4, -0.2) is 14.9 Å². The van der Waals surface area contributed by atoms with Gasteiger partial charge >= 0.3 is 0 Å². The van der Waals surface area contributed by atoms with Crippen LogP contribution in [0, 0.1) is 6.92 Å². The van der Waals surface area contributed by atoms with E-state index in [1.807, 2.05) is 12.1 Å². The van der Waals surface area contributed by atoms with Crippen molar-refractivity contribution in [2.75, 3.05) is 0 Å². The van der Waals surface area contributed by atoms with E-state index in [9.17, 15) is 4.79 Å². The molecule has 0 saturated heterocycles. The van der Waals surface area contributed by atoms with Gasteiger partial charge in [-0.1, -0.05) is 15.9 Å². The summed E-state index contributed by atoms with van der Waals surface area (Å²) in [7, 11) is 0. The highest BCUT2D eigenvalue weighted by molar-refractivity contribution is 9.10. The van der Waals surface area contributed by atoms with Crippen molar-refractivity contribution >= 4 is 15.9 Å². The first-order valence-electron chi connectivity index (χ1n) is 5.08. The third-order valence-electron chi connectivity index (χ3n) is 2.46. The molecule has 2 aromatic rings. The summed E-state index contributed by atoms with van der Waals surface area (Å²) in [6, 6.07) is 8.70. The Bertz CT molecular complexity index is 590. The van der Waals surface area contributed by atoms with Crippen LogP contribution < -0.4 is 5.56 Å². The van der Waals surface area contributed by atoms with Crippen molar-refractivity contribution in [3.63, 3.8) is 0 Å². The number of nitrogens with zero attached hydrogens (tertiary/aromatic N) is 2. The Morgan fingerprint density at radius 1 is 1.35 bits per heavy atom. The lowest BCUT2D eigenvalue weighted by molar-refractivity contribution is 0.279. The lowest BCUT2D eigenvalue weighted by atomic mass is 10.2. The largest absolute Gasteiger partial charge is 0.392 e. The lowest BCUT2D eigenvalue weighted by Crippen LogP contribution is -2.22. The average Bonchev–Trinajstić information content (AvgIpc) is 2.33. The molecule has 4 nitrogen and oxygen atoms in total. The summed E-state index contributed by atoms with van der Waals surface area (Å²) in [5.41, 5.74) is 1.66. The van der Waals surface area contributed by atoms with E-state index < -0.39 is 0 Å². The molecule has 0 aliphatic rings. The minimum atomic E-state index is -0.248. The predicted molar refractivity (Wildman–Crippen MR) is 68.2 cm³/mol. The second-order valence-electron chi connectivity index (χ2n) is 3.64. The molecule has 88 valence electrons. The highest BCUT2D eigenvalue weighted by Crippen LogP contribution is 2.12. The predicted octanol–water partition coefficient (Wildman–Crippen LogP) is 1.80. The summed E-state index contributed by atoms with van der Waals surface area (Å²) in [4.78, 5) is 11.8. The molecular weight excluding hydrogens is 284 g/mol. The normalized spacial score (nSPS) is 10.5. The maximum atomic E-state index is 11.8. The molecule has 2 rings (SSSR count). The van der Waals surface area contributed by atoms with Crippen LogP contribution in [0.4, 0.5) is 0 Å². The summed E-state index contributed by atoms with van der Waals surface area (Å²) in [5, 5.41) is 13.2. The van der Waals surface area contributed by atoms with Gasteiger partial charge in [-0.2, -0.15) is 9.78 Å². The van der Waals surface area contributed by atoms with E-state index in [1.54, 1.807) is 19.1 Å². The van der Waals surface area contributed by atoms with Crippen molar-refractivity contribution < 1.29 is 5.11 Å². The standard InChI is InChI=1S/C12H11BrN2O2/c1-8-9(7-16)6-12(17)15(14-8)11-4-2-10(13)3-5-11/h2-6,16H,7H2,1H3. The average molecular weight is 295 g/mol. The van der Waals surface area contributed by atoms with Crippen LogP contribution in [-0.2, 0) is 6.61 Å². The summed E-state index contributed by atoms with van der Waals surface area (Å²) >= 11 is 3.33. The molecule has 1 aromatic carbocycles. The topological polar surface area (TPSA) is 55.1 Å². The van der Waals surface area contributed by atoms with E-state index in [0.717, 1.165) is 4.47 Å². The van der Waals surface area contributed by atoms with Gasteiger partial charge < -0.3 is 5.11 Å². The molecule has 0 aliphatic carbocycles. The molecule has 17 heavy (non-hydrogen) atoms. The van der Waals surface area contributed by atoms with E-state index in [4.69, 9.17) is 5.11 Å². The zero-order valence-electron chi connectivity index (χ0n) is 9.22. The minimum Gasteiger partial charge on any atom is -0.392 e. The molecule has 1 N–H and O–H groups in total. The summed E-state index contributed by atoms with van der Waals surface area (Å²) in [5.74, 6) is 0. The molecule has 0 bridgehead atoms. The Morgan fingerprint density at radius 3 is 2.59 bits per heavy atom. The van der Waals surface area contributed by atoms with Gasteiger partial charge in [0.15, 0.2) is 0 Å². The fourth-order valence-electron chi connectivity index (χ4n) is 1.51. The molecule has 0 aliphatic heterocycles. The van der Waals surface area contributed by atoms with Crippen LogP contribution in [0.25, 0.3) is 5.69 Å². The highest BCUT2D eigenvalue weighted by atomic mass is 79.9. The Hall–Kier alpha value is -1.46. The molecule has 0 atom stereocenters. The van der Waals surface area contributed by atoms with Crippen molar-refractivity contribution in [2.24, 2.45) is 0 Å². The second-order valence-corrected chi connectivity index (χ2v) is 4.56. The van der Waals surface area contributed by atoms with E-state index >= 15 is 0 Å². The van der Waals surface area contributed by atoms with Crippen molar-refractivity contribution in [1.82, 2.24) is 9.78 Å². The molecule has 1 heterocycles. The van der Waals surface area contributed by atoms with Crippen LogP contribution >= 0.6 is 15.9 Å². The van der Waals surface area contributed by atoms with Crippen LogP contribution in [0.5, 0.6) is 0 Å². The number of aliphatic hydroxyl groups excluding tert-OH is 1. The van der Waals surface area contributed by atoms with E-state index in [0.29, 0.717) is 16.9 Å². The zero-order chi connectivity index (χ0) is 12.4. The first-order valence-corrected chi connectivity index (χ1v) is 5.88. The van der Waals surface area contributed by atoms with Gasteiger partial charge in [-0.3, -0.25) is 4.79 Å². The number of halogens is 1. The van der Waals surface area contributed by atoms with Gasteiger partial charge in [0.05, 0.1) is 18.0 Å². The Morgan fingerprint density at radius 2 is 2.00 bits per heavy atom. The molecule has 0 saturated carbocycles. The maximum absolute atomic E-state index is 11.8. The van der Waals surface area contributed by atoms with Gasteiger partial charge in [-0.25, -0.2) is 0 Å². The van der Waals surface area contributed by atoms with Gasteiger partial charge in [-0.05, 0) is 31.2 Å². The Balaban J connectivity index is 2.56. The molecule has 1 aromatic heterocycles. The molecule has 0 unspecified atom stereocenters. The van der Waals surface area contributed by atoms with Crippen molar-refractivity contribution in [3.8, 4) is 5.69 Å². The van der Waals surface area contributed by atoms with Gasteiger partial charge in [0.2, 0.25) is 0 Å². The van der Waals surface area contributed by atoms with Crippen LogP contribution in [0.2, 0.25) is 0 Å². The number of aryl methyl sites for hydroxylation is 1. The summed E-state index contributed by atoms with van der Waals surface area (Å²) in [6.07, 6.45) is 0. The lowest BCUT2D eigenvalue weighted by Gasteiger charge is -2.07. The molecular formula is C12H11BrN2O2. The second kappa shape index (κ2) is 4.81. The number of hydrogen-bond donors (Lipinski definition) is 1. The van der Waals surface area contributed by atoms with E-state index in [1.165, 1.54) is 10.7 Å². The van der Waals surface area contributed by atoms with Gasteiger partial charge in [0, 0.05) is 16.1 Å². The number of aliphatic hydroxyl groups is 1. The summed E-state index contributed by atoms with van der Waals surface area (Å²) < 4.78 is 2.26.